The SMILES string of the molecule is [K].[NH4+].[O-][Cl+2]([O-])[O-]. The van der Waals surface area contributed by atoms with E-state index in [9.17, 15) is 0 Å². The Hall–Kier alpha value is 1.77. The van der Waals surface area contributed by atoms with Crippen molar-refractivity contribution in [2.75, 3.05) is 0 Å². The Morgan fingerprint density at radius 2 is 1.00 bits per heavy atom. The predicted molar refractivity (Wildman–Crippen MR) is 11.7 cm³/mol. The summed E-state index contributed by atoms with van der Waals surface area (Å²) in [4.78, 5) is 0. The van der Waals surface area contributed by atoms with Crippen LogP contribution in [0.15, 0.2) is 0 Å². The molecule has 0 aliphatic rings. The van der Waals surface area contributed by atoms with Crippen molar-refractivity contribution < 1.29 is 24.8 Å². The monoisotopic (exact) mass is 140 g/mol. The first kappa shape index (κ1) is 15.7. The molecular weight excluding hydrogens is 137 g/mol. The molecule has 0 rings (SSSR count). The molecular formula is H4ClKNO3. The molecule has 0 amide bonds. The van der Waals surface area contributed by atoms with E-state index in [1.807, 2.05) is 0 Å². The van der Waals surface area contributed by atoms with Crippen molar-refractivity contribution in [3.63, 3.8) is 0 Å². The second kappa shape index (κ2) is 9.90. The molecule has 6 heteroatoms. The Kier molecular flexibility index (Phi) is 25.8. The zero-order valence-electron chi connectivity index (χ0n) is 3.60. The molecule has 35 valence electrons. The third kappa shape index (κ3) is 42.0. The molecule has 0 aromatic rings. The third-order valence-electron chi connectivity index (χ3n) is 0. The molecule has 0 heterocycles. The molecule has 0 aromatic heterocycles. The summed E-state index contributed by atoms with van der Waals surface area (Å²) in [6, 6.07) is 0. The van der Waals surface area contributed by atoms with Gasteiger partial charge >= 0.3 is 0 Å². The topological polar surface area (TPSA) is 106 Å². The van der Waals surface area contributed by atoms with Crippen LogP contribution in [-0.2, 0) is 0 Å². The molecule has 4 nitrogen and oxygen atoms in total. The van der Waals surface area contributed by atoms with E-state index in [2.05, 4.69) is 0 Å². The van der Waals surface area contributed by atoms with Gasteiger partial charge in [0.1, 0.15) is 0 Å². The molecule has 0 aromatic carbocycles. The van der Waals surface area contributed by atoms with Crippen LogP contribution in [0.4, 0.5) is 0 Å². The fraction of sp³-hybridized carbons (Fsp3) is 0. The van der Waals surface area contributed by atoms with Crippen LogP contribution in [0.25, 0.3) is 0 Å². The van der Waals surface area contributed by atoms with Crippen LogP contribution in [0, 0.1) is 10.8 Å². The summed E-state index contributed by atoms with van der Waals surface area (Å²) >= 11 is 0. The summed E-state index contributed by atoms with van der Waals surface area (Å²) in [7, 11) is -2.85. The van der Waals surface area contributed by atoms with Crippen molar-refractivity contribution in [2.45, 2.75) is 0 Å². The van der Waals surface area contributed by atoms with Crippen molar-refractivity contribution in [3.8, 4) is 0 Å². The Balaban J connectivity index is -0.0000000450. The smallest absolute Gasteiger partial charge is 0.0695 e. The van der Waals surface area contributed by atoms with Crippen LogP contribution < -0.4 is 20.1 Å². The van der Waals surface area contributed by atoms with Gasteiger partial charge in [0.05, 0.1) is 10.8 Å². The minimum atomic E-state index is -2.85. The minimum absolute atomic E-state index is 0. The molecule has 0 aliphatic heterocycles. The van der Waals surface area contributed by atoms with Crippen LogP contribution >= 0.6 is 0 Å². The first-order valence-corrected chi connectivity index (χ1v) is 1.39. The molecule has 0 spiro atoms. The van der Waals surface area contributed by atoms with Crippen LogP contribution in [0.1, 0.15) is 0 Å². The van der Waals surface area contributed by atoms with E-state index < -0.39 is 10.8 Å². The number of rotatable bonds is 0. The van der Waals surface area contributed by atoms with Crippen molar-refractivity contribution in [3.05, 3.63) is 0 Å². The summed E-state index contributed by atoms with van der Waals surface area (Å²) in [5.41, 5.74) is 0. The van der Waals surface area contributed by atoms with E-state index >= 15 is 0 Å². The van der Waals surface area contributed by atoms with E-state index in [1.165, 1.54) is 0 Å². The second-order valence-electron chi connectivity index (χ2n) is 0.189. The summed E-state index contributed by atoms with van der Waals surface area (Å²) in [6.45, 7) is 0. The number of hydrogen-bond acceptors (Lipinski definition) is 3. The first-order valence-electron chi connectivity index (χ1n) is 0.463. The predicted octanol–water partition coefficient (Wildman–Crippen LogP) is -3.57. The third-order valence-corrected chi connectivity index (χ3v) is 0. The van der Waals surface area contributed by atoms with Gasteiger partial charge in [-0.1, -0.05) is 0 Å². The molecule has 0 bridgehead atoms. The summed E-state index contributed by atoms with van der Waals surface area (Å²) < 4.78 is 25.2. The number of halogens is 1. The maximum Gasteiger partial charge on any atom is 0.0695 e. The Bertz CT molecular complexity index is 15.5. The Labute approximate surface area is 80.9 Å². The standard InChI is InChI=1S/ClO3.K.H3N/c2-1(3)4;;/h;;1H3/q-1;;/p+1. The molecule has 0 aliphatic carbocycles. The summed E-state index contributed by atoms with van der Waals surface area (Å²) in [6.07, 6.45) is 0. The molecule has 4 N–H and O–H groups in total. The van der Waals surface area contributed by atoms with Gasteiger partial charge in [0.15, 0.2) is 0 Å². The van der Waals surface area contributed by atoms with Crippen molar-refractivity contribution >= 4 is 51.4 Å². The van der Waals surface area contributed by atoms with Gasteiger partial charge in [-0.3, -0.25) is 0 Å². The van der Waals surface area contributed by atoms with Gasteiger partial charge in [-0.25, -0.2) is 0 Å². The van der Waals surface area contributed by atoms with Gasteiger partial charge in [0, 0.05) is 51.4 Å². The Morgan fingerprint density at radius 3 is 1.00 bits per heavy atom. The van der Waals surface area contributed by atoms with Crippen LogP contribution in [0.3, 0.4) is 0 Å². The van der Waals surface area contributed by atoms with Gasteiger partial charge in [-0.2, -0.15) is 0 Å². The van der Waals surface area contributed by atoms with E-state index in [1.54, 1.807) is 0 Å². The quantitative estimate of drug-likeness (QED) is 0.352. The fourth-order valence-corrected chi connectivity index (χ4v) is 0. The zero-order valence-corrected chi connectivity index (χ0v) is 7.48. The minimum Gasteiger partial charge on any atom is -0.369 e. The molecule has 0 saturated carbocycles. The molecule has 1 radical (unpaired) electrons. The van der Waals surface area contributed by atoms with E-state index in [4.69, 9.17) is 14.0 Å². The summed E-state index contributed by atoms with van der Waals surface area (Å²) in [5.74, 6) is 0. The van der Waals surface area contributed by atoms with Crippen molar-refractivity contribution in [1.82, 2.24) is 6.15 Å². The largest absolute Gasteiger partial charge is 0.369 e. The maximum atomic E-state index is 8.41. The molecule has 0 fully saturated rings. The van der Waals surface area contributed by atoms with Gasteiger partial charge in [-0.15, -0.1) is 0 Å². The molecule has 6 heavy (non-hydrogen) atoms. The average Bonchev–Trinajstić information content (AvgIpc) is 0.811. The van der Waals surface area contributed by atoms with Crippen molar-refractivity contribution in [2.24, 2.45) is 0 Å². The van der Waals surface area contributed by atoms with Gasteiger partial charge < -0.3 is 20.1 Å². The number of quaternary nitrogens is 1. The normalized spacial score (nSPS) is 6.00. The van der Waals surface area contributed by atoms with Gasteiger partial charge in [0.2, 0.25) is 0 Å². The first-order chi connectivity index (χ1) is 1.73. The fourth-order valence-electron chi connectivity index (χ4n) is 0. The summed E-state index contributed by atoms with van der Waals surface area (Å²) in [5, 5.41) is 0. The van der Waals surface area contributed by atoms with E-state index in [0.29, 0.717) is 0 Å². The zero-order chi connectivity index (χ0) is 3.58. The van der Waals surface area contributed by atoms with Crippen LogP contribution in [0.2, 0.25) is 0 Å². The molecule has 0 atom stereocenters. The molecule has 0 unspecified atom stereocenters. The van der Waals surface area contributed by atoms with Crippen LogP contribution in [-0.4, -0.2) is 51.4 Å². The van der Waals surface area contributed by atoms with Gasteiger partial charge in [0.25, 0.3) is 0 Å². The second-order valence-corrected chi connectivity index (χ2v) is 0.567. The Morgan fingerprint density at radius 1 is 1.00 bits per heavy atom. The van der Waals surface area contributed by atoms with Gasteiger partial charge in [-0.05, 0) is 0 Å². The number of hydrogen-bond donors (Lipinski definition) is 1. The van der Waals surface area contributed by atoms with E-state index in [-0.39, 0.29) is 57.5 Å². The molecule has 0 saturated heterocycles. The van der Waals surface area contributed by atoms with Crippen LogP contribution in [0.5, 0.6) is 0 Å². The maximum absolute atomic E-state index is 8.41. The van der Waals surface area contributed by atoms with Crippen molar-refractivity contribution in [1.29, 1.82) is 0 Å². The van der Waals surface area contributed by atoms with E-state index in [0.717, 1.165) is 0 Å². The average molecular weight is 141 g/mol.